The molecule has 19 heavy (non-hydrogen) atoms. The van der Waals surface area contributed by atoms with Gasteiger partial charge in [-0.05, 0) is 29.8 Å². The van der Waals surface area contributed by atoms with Gasteiger partial charge in [-0.3, -0.25) is 4.98 Å². The van der Waals surface area contributed by atoms with Gasteiger partial charge >= 0.3 is 0 Å². The van der Waals surface area contributed by atoms with Crippen LogP contribution in [-0.4, -0.2) is 17.3 Å². The molecule has 4 heteroatoms. The highest BCUT2D eigenvalue weighted by Crippen LogP contribution is 2.17. The van der Waals surface area contributed by atoms with Gasteiger partial charge in [-0.2, -0.15) is 5.26 Å². The molecule has 0 fully saturated rings. The second-order valence-electron chi connectivity index (χ2n) is 3.86. The molecule has 2 aromatic rings. The maximum atomic E-state index is 8.58. The fraction of sp³-hybridized carbons (Fsp3) is 0.200. The van der Waals surface area contributed by atoms with Crippen LogP contribution in [0.4, 0.5) is 0 Å². The van der Waals surface area contributed by atoms with Gasteiger partial charge in [0.1, 0.15) is 5.75 Å². The number of aromatic nitrogens is 1. The van der Waals surface area contributed by atoms with Gasteiger partial charge in [0.15, 0.2) is 0 Å². The Balaban J connectivity index is 1.72. The van der Waals surface area contributed by atoms with Crippen LogP contribution >= 0.6 is 11.8 Å². The standard InChI is InChI=1S/C15H14N2OS/c16-8-5-13-1-3-14(4-2-13)18-11-12-19-15-6-9-17-10-7-15/h1-4,6-7,9-10H,5,11-12H2. The molecule has 0 saturated carbocycles. The molecule has 1 aromatic heterocycles. The summed E-state index contributed by atoms with van der Waals surface area (Å²) < 4.78 is 5.64. The number of pyridine rings is 1. The zero-order valence-corrected chi connectivity index (χ0v) is 11.3. The number of hydrogen-bond donors (Lipinski definition) is 0. The number of nitrogens with zero attached hydrogens (tertiary/aromatic N) is 2. The third-order valence-corrected chi connectivity index (χ3v) is 3.45. The number of nitriles is 1. The molecule has 0 N–H and O–H groups in total. The molecule has 0 atom stereocenters. The van der Waals surface area contributed by atoms with Gasteiger partial charge in [-0.1, -0.05) is 12.1 Å². The van der Waals surface area contributed by atoms with Gasteiger partial charge in [0.25, 0.3) is 0 Å². The first-order valence-electron chi connectivity index (χ1n) is 6.00. The maximum Gasteiger partial charge on any atom is 0.119 e. The number of benzene rings is 1. The van der Waals surface area contributed by atoms with Crippen molar-refractivity contribution in [1.29, 1.82) is 5.26 Å². The molecule has 0 aliphatic carbocycles. The molecule has 1 aromatic carbocycles. The molecule has 0 amide bonds. The third-order valence-electron chi connectivity index (χ3n) is 2.48. The summed E-state index contributed by atoms with van der Waals surface area (Å²) in [4.78, 5) is 5.17. The van der Waals surface area contributed by atoms with Gasteiger partial charge in [0.05, 0.1) is 19.1 Å². The number of thioether (sulfide) groups is 1. The monoisotopic (exact) mass is 270 g/mol. The number of hydrogen-bond acceptors (Lipinski definition) is 4. The van der Waals surface area contributed by atoms with Crippen LogP contribution in [0.3, 0.4) is 0 Å². The zero-order chi connectivity index (χ0) is 13.3. The molecule has 2 rings (SSSR count). The van der Waals surface area contributed by atoms with Gasteiger partial charge in [-0.15, -0.1) is 11.8 Å². The summed E-state index contributed by atoms with van der Waals surface area (Å²) >= 11 is 1.74. The van der Waals surface area contributed by atoms with Crippen LogP contribution in [0.2, 0.25) is 0 Å². The first-order valence-corrected chi connectivity index (χ1v) is 6.98. The minimum atomic E-state index is 0.443. The van der Waals surface area contributed by atoms with Crippen LogP contribution in [-0.2, 0) is 6.42 Å². The van der Waals surface area contributed by atoms with Gasteiger partial charge < -0.3 is 4.74 Å². The molecule has 96 valence electrons. The molecular weight excluding hydrogens is 256 g/mol. The van der Waals surface area contributed by atoms with Gasteiger partial charge in [0.2, 0.25) is 0 Å². The molecule has 0 bridgehead atoms. The Morgan fingerprint density at radius 2 is 1.84 bits per heavy atom. The van der Waals surface area contributed by atoms with Crippen molar-refractivity contribution in [2.24, 2.45) is 0 Å². The number of rotatable bonds is 6. The normalized spacial score (nSPS) is 9.84. The summed E-state index contributed by atoms with van der Waals surface area (Å²) in [5.74, 6) is 1.74. The summed E-state index contributed by atoms with van der Waals surface area (Å²) in [6, 6.07) is 13.8. The van der Waals surface area contributed by atoms with Gasteiger partial charge in [-0.25, -0.2) is 0 Å². The highest BCUT2D eigenvalue weighted by molar-refractivity contribution is 7.99. The quantitative estimate of drug-likeness (QED) is 0.596. The van der Waals surface area contributed by atoms with Crippen LogP contribution in [0.25, 0.3) is 0 Å². The van der Waals surface area contributed by atoms with Crippen molar-refractivity contribution in [3.8, 4) is 11.8 Å². The van der Waals surface area contributed by atoms with E-state index in [4.69, 9.17) is 10.00 Å². The molecular formula is C15H14N2OS. The molecule has 0 spiro atoms. The summed E-state index contributed by atoms with van der Waals surface area (Å²) in [5.41, 5.74) is 1.01. The van der Waals surface area contributed by atoms with Crippen LogP contribution in [0.5, 0.6) is 5.75 Å². The van der Waals surface area contributed by atoms with Crippen molar-refractivity contribution < 1.29 is 4.74 Å². The van der Waals surface area contributed by atoms with E-state index in [9.17, 15) is 0 Å². The van der Waals surface area contributed by atoms with Crippen molar-refractivity contribution in [3.63, 3.8) is 0 Å². The van der Waals surface area contributed by atoms with Gasteiger partial charge in [0, 0.05) is 23.0 Å². The molecule has 1 heterocycles. The van der Waals surface area contributed by atoms with Crippen molar-refractivity contribution in [2.75, 3.05) is 12.4 Å². The van der Waals surface area contributed by atoms with E-state index in [1.165, 1.54) is 4.90 Å². The van der Waals surface area contributed by atoms with Crippen molar-refractivity contribution >= 4 is 11.8 Å². The third kappa shape index (κ3) is 4.65. The lowest BCUT2D eigenvalue weighted by Crippen LogP contribution is -2.00. The average Bonchev–Trinajstić information content (AvgIpc) is 2.47. The van der Waals surface area contributed by atoms with Crippen molar-refractivity contribution in [1.82, 2.24) is 4.98 Å². The van der Waals surface area contributed by atoms with E-state index >= 15 is 0 Å². The average molecular weight is 270 g/mol. The van der Waals surface area contributed by atoms with E-state index in [1.807, 2.05) is 36.4 Å². The Labute approximate surface area is 117 Å². The lowest BCUT2D eigenvalue weighted by atomic mass is 10.2. The van der Waals surface area contributed by atoms with E-state index in [1.54, 1.807) is 24.2 Å². The Hall–Kier alpha value is -1.99. The molecule has 0 aliphatic heterocycles. The van der Waals surface area contributed by atoms with Crippen LogP contribution < -0.4 is 4.74 Å². The lowest BCUT2D eigenvalue weighted by molar-refractivity contribution is 0.344. The molecule has 0 radical (unpaired) electrons. The predicted molar refractivity (Wildman–Crippen MR) is 76.2 cm³/mol. The largest absolute Gasteiger partial charge is 0.493 e. The summed E-state index contributed by atoms with van der Waals surface area (Å²) in [5, 5.41) is 8.58. The minimum Gasteiger partial charge on any atom is -0.493 e. The molecule has 0 unspecified atom stereocenters. The fourth-order valence-electron chi connectivity index (χ4n) is 1.55. The predicted octanol–water partition coefficient (Wildman–Crippen LogP) is 3.32. The molecule has 3 nitrogen and oxygen atoms in total. The first kappa shape index (κ1) is 13.4. The van der Waals surface area contributed by atoms with E-state index in [-0.39, 0.29) is 0 Å². The summed E-state index contributed by atoms with van der Waals surface area (Å²) in [6.07, 6.45) is 4.02. The van der Waals surface area contributed by atoms with Crippen LogP contribution in [0.1, 0.15) is 5.56 Å². The van der Waals surface area contributed by atoms with E-state index in [0.717, 1.165) is 17.1 Å². The van der Waals surface area contributed by atoms with E-state index in [2.05, 4.69) is 11.1 Å². The zero-order valence-electron chi connectivity index (χ0n) is 10.5. The fourth-order valence-corrected chi connectivity index (χ4v) is 2.26. The topological polar surface area (TPSA) is 45.9 Å². The smallest absolute Gasteiger partial charge is 0.119 e. The highest BCUT2D eigenvalue weighted by Gasteiger charge is 1.97. The minimum absolute atomic E-state index is 0.443. The van der Waals surface area contributed by atoms with E-state index < -0.39 is 0 Å². The van der Waals surface area contributed by atoms with Crippen molar-refractivity contribution in [2.45, 2.75) is 11.3 Å². The SMILES string of the molecule is N#CCc1ccc(OCCSc2ccncc2)cc1. The summed E-state index contributed by atoms with van der Waals surface area (Å²) in [7, 11) is 0. The maximum absolute atomic E-state index is 8.58. The van der Waals surface area contributed by atoms with E-state index in [0.29, 0.717) is 13.0 Å². The molecule has 0 saturated heterocycles. The Morgan fingerprint density at radius 1 is 1.11 bits per heavy atom. The first-order chi connectivity index (χ1) is 9.38. The van der Waals surface area contributed by atoms with Crippen LogP contribution in [0.15, 0.2) is 53.7 Å². The highest BCUT2D eigenvalue weighted by atomic mass is 32.2. The second kappa shape index (κ2) is 7.45. The Morgan fingerprint density at radius 3 is 2.53 bits per heavy atom. The second-order valence-corrected chi connectivity index (χ2v) is 5.03. The summed E-state index contributed by atoms with van der Waals surface area (Å²) in [6.45, 7) is 0.657. The Kier molecular flexibility index (Phi) is 5.27. The van der Waals surface area contributed by atoms with Crippen molar-refractivity contribution in [3.05, 3.63) is 54.4 Å². The number of ether oxygens (including phenoxy) is 1. The Bertz CT molecular complexity index is 534. The molecule has 0 aliphatic rings. The van der Waals surface area contributed by atoms with Crippen LogP contribution in [0, 0.1) is 11.3 Å². The lowest BCUT2D eigenvalue weighted by Gasteiger charge is -2.06.